The van der Waals surface area contributed by atoms with Gasteiger partial charge < -0.3 is 15.0 Å². The molecule has 2 amide bonds. The van der Waals surface area contributed by atoms with Crippen molar-refractivity contribution in [1.82, 2.24) is 9.88 Å². The summed E-state index contributed by atoms with van der Waals surface area (Å²) in [4.78, 5) is 30.8. The van der Waals surface area contributed by atoms with Gasteiger partial charge in [0.15, 0.2) is 11.7 Å². The van der Waals surface area contributed by atoms with Crippen LogP contribution in [-0.2, 0) is 9.59 Å². The molecule has 0 aliphatic carbocycles. The maximum atomic E-state index is 12.3. The Hall–Kier alpha value is -2.67. The van der Waals surface area contributed by atoms with Crippen LogP contribution in [0.2, 0.25) is 0 Å². The molecule has 0 spiro atoms. The normalized spacial score (nSPS) is 10.0. The van der Waals surface area contributed by atoms with E-state index in [1.54, 1.807) is 24.4 Å². The number of aromatic nitrogens is 1. The molecule has 126 valence electrons. The molecule has 0 saturated heterocycles. The van der Waals surface area contributed by atoms with Crippen molar-refractivity contribution in [3.8, 4) is 5.75 Å². The number of thiazole rings is 1. The number of benzene rings is 1. The van der Waals surface area contributed by atoms with Crippen LogP contribution in [0.5, 0.6) is 5.75 Å². The van der Waals surface area contributed by atoms with E-state index in [1.165, 1.54) is 16.2 Å². The Morgan fingerprint density at radius 1 is 1.38 bits per heavy atom. The van der Waals surface area contributed by atoms with Crippen molar-refractivity contribution in [2.24, 2.45) is 0 Å². The van der Waals surface area contributed by atoms with Gasteiger partial charge in [0, 0.05) is 17.6 Å². The Kier molecular flexibility index (Phi) is 6.51. The highest BCUT2D eigenvalue weighted by atomic mass is 32.1. The van der Waals surface area contributed by atoms with Crippen molar-refractivity contribution in [2.75, 3.05) is 25.0 Å². The Labute approximate surface area is 144 Å². The topological polar surface area (TPSA) is 71.5 Å². The summed E-state index contributed by atoms with van der Waals surface area (Å²) in [5, 5.41) is 3.20. The van der Waals surface area contributed by atoms with Crippen LogP contribution in [-0.4, -0.2) is 41.4 Å². The maximum Gasteiger partial charge on any atom is 0.261 e. The van der Waals surface area contributed by atoms with Crippen molar-refractivity contribution in [2.45, 2.75) is 6.92 Å². The fourth-order valence-corrected chi connectivity index (χ4v) is 2.59. The van der Waals surface area contributed by atoms with Crippen LogP contribution in [0.3, 0.4) is 0 Å². The lowest BCUT2D eigenvalue weighted by Crippen LogP contribution is -2.40. The number of rotatable bonds is 8. The lowest BCUT2D eigenvalue weighted by molar-refractivity contribution is -0.135. The molecule has 2 aromatic rings. The first-order chi connectivity index (χ1) is 11.6. The number of nitrogens with zero attached hydrogens (tertiary/aromatic N) is 2. The molecule has 1 N–H and O–H groups in total. The first-order valence-electron chi connectivity index (χ1n) is 7.37. The summed E-state index contributed by atoms with van der Waals surface area (Å²) in [6, 6.07) is 9.05. The summed E-state index contributed by atoms with van der Waals surface area (Å²) in [5.41, 5.74) is 0. The molecular weight excluding hydrogens is 326 g/mol. The first-order valence-corrected chi connectivity index (χ1v) is 8.19. The number of para-hydroxylation sites is 1. The number of nitrogens with one attached hydrogen (secondary N) is 1. The number of ether oxygens (including phenoxy) is 1. The summed E-state index contributed by atoms with van der Waals surface area (Å²) in [5.74, 6) is 0.00981. The maximum absolute atomic E-state index is 12.3. The molecule has 0 unspecified atom stereocenters. The monoisotopic (exact) mass is 345 g/mol. The number of anilines is 1. The van der Waals surface area contributed by atoms with Gasteiger partial charge in [0.05, 0.1) is 0 Å². The first kappa shape index (κ1) is 17.7. The van der Waals surface area contributed by atoms with Crippen molar-refractivity contribution in [1.29, 1.82) is 0 Å². The highest BCUT2D eigenvalue weighted by molar-refractivity contribution is 7.15. The molecule has 2 rings (SSSR count). The van der Waals surface area contributed by atoms with Crippen LogP contribution in [0.15, 0.2) is 49.2 Å². The Bertz CT molecular complexity index is 700. The second kappa shape index (κ2) is 8.83. The van der Waals surface area contributed by atoms with E-state index >= 15 is 0 Å². The molecule has 0 saturated carbocycles. The standard InChI is InChI=1S/C17H19N3O3S/c1-3-9-20(11-15(21)19-17-18-10-13(2)24-17)16(22)12-23-14-7-5-4-6-8-14/h3-8,10H,1,9,11-12H2,2H3,(H,18,19,21). The number of amides is 2. The van der Waals surface area contributed by atoms with Crippen molar-refractivity contribution < 1.29 is 14.3 Å². The van der Waals surface area contributed by atoms with Crippen LogP contribution < -0.4 is 10.1 Å². The minimum atomic E-state index is -0.306. The van der Waals surface area contributed by atoms with Gasteiger partial charge in [-0.2, -0.15) is 0 Å². The highest BCUT2D eigenvalue weighted by Crippen LogP contribution is 2.16. The van der Waals surface area contributed by atoms with E-state index in [0.717, 1.165) is 4.88 Å². The zero-order valence-corrected chi connectivity index (χ0v) is 14.2. The van der Waals surface area contributed by atoms with Gasteiger partial charge in [-0.25, -0.2) is 4.98 Å². The zero-order valence-electron chi connectivity index (χ0n) is 13.4. The quantitative estimate of drug-likeness (QED) is 0.746. The predicted molar refractivity (Wildman–Crippen MR) is 94.2 cm³/mol. The molecule has 0 atom stereocenters. The molecule has 1 aromatic heterocycles. The van der Waals surface area contributed by atoms with E-state index in [4.69, 9.17) is 4.74 Å². The van der Waals surface area contributed by atoms with E-state index in [0.29, 0.717) is 10.9 Å². The molecule has 1 aromatic carbocycles. The van der Waals surface area contributed by atoms with Crippen LogP contribution in [0, 0.1) is 6.92 Å². The number of aryl methyl sites for hydroxylation is 1. The molecule has 6 nitrogen and oxygen atoms in total. The SMILES string of the molecule is C=CCN(CC(=O)Nc1ncc(C)s1)C(=O)COc1ccccc1. The third kappa shape index (κ3) is 5.51. The van der Waals surface area contributed by atoms with Gasteiger partial charge in [-0.15, -0.1) is 17.9 Å². The molecule has 1 heterocycles. The van der Waals surface area contributed by atoms with Crippen LogP contribution >= 0.6 is 11.3 Å². The number of hydrogen-bond acceptors (Lipinski definition) is 5. The highest BCUT2D eigenvalue weighted by Gasteiger charge is 2.17. The predicted octanol–water partition coefficient (Wildman–Crippen LogP) is 2.48. The molecule has 0 aliphatic heterocycles. The number of hydrogen-bond donors (Lipinski definition) is 1. The average molecular weight is 345 g/mol. The van der Waals surface area contributed by atoms with Gasteiger partial charge >= 0.3 is 0 Å². The average Bonchev–Trinajstić information content (AvgIpc) is 2.98. The molecule has 0 fully saturated rings. The van der Waals surface area contributed by atoms with Gasteiger partial charge in [0.1, 0.15) is 12.3 Å². The smallest absolute Gasteiger partial charge is 0.261 e. The summed E-state index contributed by atoms with van der Waals surface area (Å²) >= 11 is 1.38. The van der Waals surface area contributed by atoms with Crippen molar-refractivity contribution in [3.05, 3.63) is 54.1 Å². The van der Waals surface area contributed by atoms with Gasteiger partial charge in [-0.05, 0) is 19.1 Å². The van der Waals surface area contributed by atoms with Gasteiger partial charge in [0.25, 0.3) is 5.91 Å². The van der Waals surface area contributed by atoms with Gasteiger partial charge in [-0.1, -0.05) is 24.3 Å². The second-order valence-electron chi connectivity index (χ2n) is 4.99. The largest absolute Gasteiger partial charge is 0.484 e. The van der Waals surface area contributed by atoms with Crippen LogP contribution in [0.1, 0.15) is 4.88 Å². The molecule has 0 bridgehead atoms. The minimum absolute atomic E-state index is 0.0817. The van der Waals surface area contributed by atoms with E-state index in [1.807, 2.05) is 25.1 Å². The minimum Gasteiger partial charge on any atom is -0.484 e. The Morgan fingerprint density at radius 2 is 2.12 bits per heavy atom. The molecular formula is C17H19N3O3S. The number of carbonyl (C=O) groups is 2. The lowest BCUT2D eigenvalue weighted by atomic mass is 10.3. The summed E-state index contributed by atoms with van der Waals surface area (Å²) < 4.78 is 5.43. The Morgan fingerprint density at radius 3 is 2.75 bits per heavy atom. The van der Waals surface area contributed by atoms with Gasteiger partial charge in [-0.3, -0.25) is 9.59 Å². The van der Waals surface area contributed by atoms with E-state index < -0.39 is 0 Å². The molecule has 0 aliphatic rings. The second-order valence-corrected chi connectivity index (χ2v) is 6.22. The van der Waals surface area contributed by atoms with Crippen LogP contribution in [0.25, 0.3) is 0 Å². The number of carbonyl (C=O) groups excluding carboxylic acids is 2. The summed E-state index contributed by atoms with van der Waals surface area (Å²) in [7, 11) is 0. The van der Waals surface area contributed by atoms with Crippen molar-refractivity contribution in [3.63, 3.8) is 0 Å². The van der Waals surface area contributed by atoms with Crippen LogP contribution in [0.4, 0.5) is 5.13 Å². The molecule has 7 heteroatoms. The van der Waals surface area contributed by atoms with E-state index in [-0.39, 0.29) is 31.5 Å². The van der Waals surface area contributed by atoms with E-state index in [2.05, 4.69) is 16.9 Å². The third-order valence-corrected chi connectivity index (χ3v) is 3.84. The fourth-order valence-electron chi connectivity index (χ4n) is 1.91. The summed E-state index contributed by atoms with van der Waals surface area (Å²) in [6.45, 7) is 5.57. The lowest BCUT2D eigenvalue weighted by Gasteiger charge is -2.20. The Balaban J connectivity index is 1.88. The molecule has 24 heavy (non-hydrogen) atoms. The third-order valence-electron chi connectivity index (χ3n) is 3.01. The molecule has 0 radical (unpaired) electrons. The van der Waals surface area contributed by atoms with E-state index in [9.17, 15) is 9.59 Å². The summed E-state index contributed by atoms with van der Waals surface area (Å²) in [6.07, 6.45) is 3.25. The fraction of sp³-hybridized carbons (Fsp3) is 0.235. The van der Waals surface area contributed by atoms with Crippen molar-refractivity contribution >= 4 is 28.3 Å². The van der Waals surface area contributed by atoms with Gasteiger partial charge in [0.2, 0.25) is 5.91 Å². The zero-order chi connectivity index (χ0) is 17.4.